The van der Waals surface area contributed by atoms with Crippen molar-refractivity contribution < 1.29 is 18.5 Å². The van der Waals surface area contributed by atoms with E-state index < -0.39 is 27.2 Å². The molecule has 1 amide bonds. The maximum atomic E-state index is 13.2. The van der Waals surface area contributed by atoms with E-state index in [4.69, 9.17) is 9.47 Å². The number of ether oxygens (including phenoxy) is 2. The van der Waals surface area contributed by atoms with Crippen LogP contribution in [0.1, 0.15) is 41.5 Å². The number of nitrogens with one attached hydrogen (secondary N) is 1. The molecule has 0 aliphatic carbocycles. The number of hydrogen-bond donors (Lipinski definition) is 1. The van der Waals surface area contributed by atoms with Crippen LogP contribution in [0.25, 0.3) is 11.1 Å². The second-order valence-electron chi connectivity index (χ2n) is 8.39. The van der Waals surface area contributed by atoms with Crippen LogP contribution < -0.4 is 10.1 Å². The van der Waals surface area contributed by atoms with Crippen molar-refractivity contribution in [2.45, 2.75) is 56.8 Å². The van der Waals surface area contributed by atoms with Crippen LogP contribution in [0.2, 0.25) is 0 Å². The highest BCUT2D eigenvalue weighted by molar-refractivity contribution is 7.86. The van der Waals surface area contributed by atoms with E-state index in [0.29, 0.717) is 21.9 Å². The summed E-state index contributed by atoms with van der Waals surface area (Å²) in [4.78, 5) is 13.0. The normalized spacial score (nSPS) is 13.0. The summed E-state index contributed by atoms with van der Waals surface area (Å²) in [7, 11) is 0.291. The lowest BCUT2D eigenvalue weighted by atomic mass is 10.0. The van der Waals surface area contributed by atoms with Crippen LogP contribution in [0, 0.1) is 0 Å². The monoisotopic (exact) mass is 403 g/mol. The van der Waals surface area contributed by atoms with E-state index in [2.05, 4.69) is 5.32 Å². The highest BCUT2D eigenvalue weighted by Crippen LogP contribution is 2.41. The predicted molar refractivity (Wildman–Crippen MR) is 114 cm³/mol. The standard InChI is InChI=1S/C22H29NO4S/c1-21(2,3)27-20(24)23-16-12-9-8-11-15(16)19-17(26-7)13-10-14-18(19)28(25)22(4,5)6/h8-14H,1-7H3,(H,23,24)/t28-/m0/s1. The van der Waals surface area contributed by atoms with Gasteiger partial charge in [-0.15, -0.1) is 0 Å². The zero-order valence-electron chi connectivity index (χ0n) is 17.6. The van der Waals surface area contributed by atoms with Crippen LogP contribution in [-0.4, -0.2) is 27.8 Å². The van der Waals surface area contributed by atoms with Gasteiger partial charge in [0, 0.05) is 15.9 Å². The Morgan fingerprint density at radius 2 is 1.61 bits per heavy atom. The molecule has 6 heteroatoms. The van der Waals surface area contributed by atoms with Gasteiger partial charge < -0.3 is 9.47 Å². The number of anilines is 1. The number of carbonyl (C=O) groups is 1. The summed E-state index contributed by atoms with van der Waals surface area (Å²) in [6.07, 6.45) is -0.548. The van der Waals surface area contributed by atoms with E-state index >= 15 is 0 Å². The van der Waals surface area contributed by atoms with E-state index in [1.807, 2.05) is 77.9 Å². The number of rotatable bonds is 4. The summed E-state index contributed by atoms with van der Waals surface area (Å²) in [5, 5.41) is 2.81. The fourth-order valence-corrected chi connectivity index (χ4v) is 3.91. The Labute approximate surface area is 169 Å². The van der Waals surface area contributed by atoms with Crippen molar-refractivity contribution in [3.05, 3.63) is 42.5 Å². The molecule has 0 fully saturated rings. The Morgan fingerprint density at radius 1 is 0.964 bits per heavy atom. The van der Waals surface area contributed by atoms with Gasteiger partial charge in [0.15, 0.2) is 0 Å². The summed E-state index contributed by atoms with van der Waals surface area (Å²) >= 11 is 0. The molecule has 0 bridgehead atoms. The second-order valence-corrected chi connectivity index (χ2v) is 10.6. The number of para-hydroxylation sites is 1. The van der Waals surface area contributed by atoms with Gasteiger partial charge in [-0.2, -0.15) is 0 Å². The summed E-state index contributed by atoms with van der Waals surface area (Å²) in [5.41, 5.74) is 1.37. The Hall–Kier alpha value is -2.34. The summed E-state index contributed by atoms with van der Waals surface area (Å²) in [5.74, 6) is 0.591. The number of carbonyl (C=O) groups excluding carboxylic acids is 1. The number of hydrogen-bond acceptors (Lipinski definition) is 4. The average molecular weight is 404 g/mol. The first-order valence-electron chi connectivity index (χ1n) is 9.12. The number of amides is 1. The summed E-state index contributed by atoms with van der Waals surface area (Å²) in [6, 6.07) is 12.8. The van der Waals surface area contributed by atoms with Crippen molar-refractivity contribution in [2.24, 2.45) is 0 Å². The molecule has 0 aliphatic rings. The minimum atomic E-state index is -1.29. The van der Waals surface area contributed by atoms with Crippen LogP contribution in [0.3, 0.4) is 0 Å². The zero-order chi connectivity index (χ0) is 21.1. The molecular formula is C22H29NO4S. The molecule has 2 aromatic carbocycles. The maximum absolute atomic E-state index is 13.2. The topological polar surface area (TPSA) is 64.6 Å². The van der Waals surface area contributed by atoms with Crippen LogP contribution in [0.15, 0.2) is 47.4 Å². The van der Waals surface area contributed by atoms with E-state index in [-0.39, 0.29) is 0 Å². The van der Waals surface area contributed by atoms with Crippen LogP contribution in [0.5, 0.6) is 5.75 Å². The quantitative estimate of drug-likeness (QED) is 0.720. The second kappa shape index (κ2) is 8.35. The minimum absolute atomic E-state index is 0.450. The molecule has 1 N–H and O–H groups in total. The van der Waals surface area contributed by atoms with Crippen LogP contribution in [0.4, 0.5) is 10.5 Å². The third-order valence-electron chi connectivity index (χ3n) is 3.80. The van der Waals surface area contributed by atoms with Gasteiger partial charge in [0.1, 0.15) is 11.4 Å². The van der Waals surface area contributed by atoms with Crippen molar-refractivity contribution in [2.75, 3.05) is 12.4 Å². The van der Waals surface area contributed by atoms with Gasteiger partial charge in [0.05, 0.1) is 28.5 Å². The van der Waals surface area contributed by atoms with Crippen molar-refractivity contribution in [3.63, 3.8) is 0 Å². The van der Waals surface area contributed by atoms with Crippen molar-refractivity contribution in [1.29, 1.82) is 0 Å². The molecular weight excluding hydrogens is 374 g/mol. The van der Waals surface area contributed by atoms with Gasteiger partial charge in [-0.1, -0.05) is 24.3 Å². The van der Waals surface area contributed by atoms with Gasteiger partial charge in [0.2, 0.25) is 0 Å². The zero-order valence-corrected chi connectivity index (χ0v) is 18.4. The van der Waals surface area contributed by atoms with Gasteiger partial charge in [0.25, 0.3) is 0 Å². The van der Waals surface area contributed by atoms with Gasteiger partial charge in [-0.25, -0.2) is 4.79 Å². The summed E-state index contributed by atoms with van der Waals surface area (Å²) in [6.45, 7) is 11.2. The van der Waals surface area contributed by atoms with Crippen molar-refractivity contribution in [3.8, 4) is 16.9 Å². The fraction of sp³-hybridized carbons (Fsp3) is 0.409. The Balaban J connectivity index is 2.60. The molecule has 0 saturated heterocycles. The summed E-state index contributed by atoms with van der Waals surface area (Å²) < 4.78 is 23.7. The molecule has 0 aromatic heterocycles. The van der Waals surface area contributed by atoms with Crippen molar-refractivity contribution >= 4 is 22.6 Å². The molecule has 2 aromatic rings. The first-order valence-corrected chi connectivity index (χ1v) is 10.3. The average Bonchev–Trinajstić information content (AvgIpc) is 2.58. The van der Waals surface area contributed by atoms with Gasteiger partial charge >= 0.3 is 6.09 Å². The largest absolute Gasteiger partial charge is 0.496 e. The van der Waals surface area contributed by atoms with E-state index in [1.165, 1.54) is 0 Å². The van der Waals surface area contributed by atoms with Gasteiger partial charge in [-0.05, 0) is 59.7 Å². The molecule has 1 atom stereocenters. The SMILES string of the molecule is COc1cccc([S@](=O)C(C)(C)C)c1-c1ccccc1NC(=O)OC(C)(C)C. The van der Waals surface area contributed by atoms with Crippen molar-refractivity contribution in [1.82, 2.24) is 0 Å². The molecule has 0 heterocycles. The van der Waals surface area contributed by atoms with E-state index in [0.717, 1.165) is 5.56 Å². The lowest BCUT2D eigenvalue weighted by molar-refractivity contribution is 0.0636. The predicted octanol–water partition coefficient (Wildman–Crippen LogP) is 5.62. The third kappa shape index (κ3) is 5.35. The first-order chi connectivity index (χ1) is 12.9. The number of methoxy groups -OCH3 is 1. The van der Waals surface area contributed by atoms with Gasteiger partial charge in [-0.3, -0.25) is 9.53 Å². The lowest BCUT2D eigenvalue weighted by Gasteiger charge is -2.23. The Kier molecular flexibility index (Phi) is 6.55. The number of benzene rings is 2. The van der Waals surface area contributed by atoms with Crippen LogP contribution in [-0.2, 0) is 15.5 Å². The molecule has 2 rings (SSSR count). The highest BCUT2D eigenvalue weighted by Gasteiger charge is 2.27. The molecule has 28 heavy (non-hydrogen) atoms. The molecule has 0 spiro atoms. The lowest BCUT2D eigenvalue weighted by Crippen LogP contribution is -2.27. The Bertz CT molecular complexity index is 879. The molecule has 0 unspecified atom stereocenters. The van der Waals surface area contributed by atoms with E-state index in [1.54, 1.807) is 13.2 Å². The molecule has 0 saturated carbocycles. The smallest absolute Gasteiger partial charge is 0.412 e. The molecule has 5 nitrogen and oxygen atoms in total. The van der Waals surface area contributed by atoms with E-state index in [9.17, 15) is 9.00 Å². The third-order valence-corrected chi connectivity index (χ3v) is 5.65. The minimum Gasteiger partial charge on any atom is -0.496 e. The molecule has 0 radical (unpaired) electrons. The Morgan fingerprint density at radius 3 is 2.18 bits per heavy atom. The molecule has 152 valence electrons. The van der Waals surface area contributed by atoms with Crippen LogP contribution >= 0.6 is 0 Å². The first kappa shape index (κ1) is 22.0. The highest BCUT2D eigenvalue weighted by atomic mass is 32.2. The fourth-order valence-electron chi connectivity index (χ4n) is 2.65. The molecule has 0 aliphatic heterocycles. The maximum Gasteiger partial charge on any atom is 0.412 e.